The van der Waals surface area contributed by atoms with Crippen molar-refractivity contribution in [3.63, 3.8) is 0 Å². The van der Waals surface area contributed by atoms with Crippen molar-refractivity contribution in [1.29, 1.82) is 0 Å². The fraction of sp³-hybridized carbons (Fsp3) is 0.676. The molecule has 1 aliphatic heterocycles. The molecular weight excluding hydrogens is 539 g/mol. The highest BCUT2D eigenvalue weighted by Crippen LogP contribution is 2.61. The van der Waals surface area contributed by atoms with E-state index < -0.39 is 31.8 Å². The van der Waals surface area contributed by atoms with Gasteiger partial charge in [-0.2, -0.15) is 13.2 Å². The minimum atomic E-state index is -4.37. The molecule has 2 aromatic rings. The lowest BCUT2D eigenvalue weighted by atomic mass is 9.68. The maximum absolute atomic E-state index is 13.4. The van der Waals surface area contributed by atoms with Crippen LogP contribution in [0.4, 0.5) is 13.2 Å². The standard InChI is InChI=1S/C34H48F3NO2Si/c1-10-32(7)19-24-26(25(20-32)40-41(8,9)31(4,5)6)28-27(29(38-24)21(2)3)30(39-33(28)17-11-12-18-33)22-13-15-23(16-14-22)34(35,36)37/h13-16,21,25,30H,10-12,17-20H2,1-9H3. The summed E-state index contributed by atoms with van der Waals surface area (Å²) in [6.45, 7) is 20.5. The first kappa shape index (κ1) is 30.7. The Morgan fingerprint density at radius 3 is 2.17 bits per heavy atom. The van der Waals surface area contributed by atoms with Crippen molar-refractivity contribution in [3.8, 4) is 0 Å². The number of rotatable bonds is 5. The van der Waals surface area contributed by atoms with Gasteiger partial charge in [0.05, 0.1) is 17.3 Å². The van der Waals surface area contributed by atoms with Crippen molar-refractivity contribution in [3.05, 3.63) is 63.5 Å². The summed E-state index contributed by atoms with van der Waals surface area (Å²) >= 11 is 0. The Labute approximate surface area is 245 Å². The molecule has 7 heteroatoms. The summed E-state index contributed by atoms with van der Waals surface area (Å²) in [5.41, 5.74) is 5.52. The van der Waals surface area contributed by atoms with Crippen LogP contribution in [0.2, 0.25) is 18.1 Å². The topological polar surface area (TPSA) is 31.4 Å². The number of ether oxygens (including phenoxy) is 1. The largest absolute Gasteiger partial charge is 0.416 e. The van der Waals surface area contributed by atoms with Gasteiger partial charge < -0.3 is 9.16 Å². The molecule has 3 atom stereocenters. The summed E-state index contributed by atoms with van der Waals surface area (Å²) in [6, 6.07) is 5.59. The molecule has 3 unspecified atom stereocenters. The third-order valence-corrected chi connectivity index (χ3v) is 15.1. The zero-order valence-electron chi connectivity index (χ0n) is 26.4. The smallest absolute Gasteiger partial charge is 0.410 e. The van der Waals surface area contributed by atoms with E-state index in [1.807, 2.05) is 0 Å². The van der Waals surface area contributed by atoms with Crippen LogP contribution in [0.25, 0.3) is 0 Å². The van der Waals surface area contributed by atoms with Gasteiger partial charge in [0.25, 0.3) is 0 Å². The molecule has 5 rings (SSSR count). The lowest BCUT2D eigenvalue weighted by molar-refractivity contribution is -0.137. The number of alkyl halides is 3. The normalized spacial score (nSPS) is 26.1. The molecule has 1 fully saturated rings. The van der Waals surface area contributed by atoms with E-state index in [-0.39, 0.29) is 22.5 Å². The van der Waals surface area contributed by atoms with Crippen LogP contribution in [-0.4, -0.2) is 13.3 Å². The highest BCUT2D eigenvalue weighted by atomic mass is 28.4. The molecular formula is C34H48F3NO2Si. The molecule has 3 aliphatic rings. The maximum atomic E-state index is 13.4. The van der Waals surface area contributed by atoms with Crippen LogP contribution < -0.4 is 0 Å². The molecule has 0 amide bonds. The van der Waals surface area contributed by atoms with Crippen molar-refractivity contribution >= 4 is 8.32 Å². The Hall–Kier alpha value is -1.70. The zero-order chi connectivity index (χ0) is 30.2. The summed E-state index contributed by atoms with van der Waals surface area (Å²) in [5, 5.41) is 0.0615. The molecule has 41 heavy (non-hydrogen) atoms. The van der Waals surface area contributed by atoms with E-state index in [0.717, 1.165) is 67.5 Å². The molecule has 0 bridgehead atoms. The number of hydrogen-bond donors (Lipinski definition) is 0. The number of hydrogen-bond acceptors (Lipinski definition) is 3. The van der Waals surface area contributed by atoms with Gasteiger partial charge >= 0.3 is 6.18 Å². The Morgan fingerprint density at radius 1 is 1.05 bits per heavy atom. The first-order valence-corrected chi connectivity index (χ1v) is 18.4. The fourth-order valence-electron chi connectivity index (χ4n) is 7.03. The molecule has 2 heterocycles. The van der Waals surface area contributed by atoms with Crippen molar-refractivity contribution in [2.45, 2.75) is 141 Å². The van der Waals surface area contributed by atoms with E-state index in [2.05, 4.69) is 61.6 Å². The molecule has 0 radical (unpaired) electrons. The average Bonchev–Trinajstić information content (AvgIpc) is 3.47. The summed E-state index contributed by atoms with van der Waals surface area (Å²) in [4.78, 5) is 5.43. The highest BCUT2D eigenvalue weighted by Gasteiger charge is 2.54. The molecule has 3 nitrogen and oxygen atoms in total. The quantitative estimate of drug-likeness (QED) is 0.326. The second-order valence-corrected chi connectivity index (χ2v) is 19.8. The van der Waals surface area contributed by atoms with Gasteiger partial charge in [0.2, 0.25) is 0 Å². The molecule has 1 aromatic heterocycles. The summed E-state index contributed by atoms with van der Waals surface area (Å²) in [7, 11) is -2.14. The summed E-state index contributed by atoms with van der Waals surface area (Å²) in [5.74, 6) is 0.153. The van der Waals surface area contributed by atoms with E-state index in [1.165, 1.54) is 23.3 Å². The van der Waals surface area contributed by atoms with Crippen LogP contribution in [-0.2, 0) is 27.4 Å². The van der Waals surface area contributed by atoms with Gasteiger partial charge in [-0.15, -0.1) is 0 Å². The Kier molecular flexibility index (Phi) is 7.64. The van der Waals surface area contributed by atoms with Crippen molar-refractivity contribution < 1.29 is 22.3 Å². The number of halogens is 3. The summed E-state index contributed by atoms with van der Waals surface area (Å²) < 4.78 is 54.7. The Morgan fingerprint density at radius 2 is 1.66 bits per heavy atom. The van der Waals surface area contributed by atoms with Crippen LogP contribution >= 0.6 is 0 Å². The van der Waals surface area contributed by atoms with Gasteiger partial charge in [-0.1, -0.05) is 79.9 Å². The lowest BCUT2D eigenvalue weighted by Crippen LogP contribution is -2.44. The predicted octanol–water partition coefficient (Wildman–Crippen LogP) is 10.5. The number of benzene rings is 1. The maximum Gasteiger partial charge on any atom is 0.416 e. The first-order chi connectivity index (χ1) is 18.9. The van der Waals surface area contributed by atoms with Gasteiger partial charge in [0, 0.05) is 22.5 Å². The van der Waals surface area contributed by atoms with Crippen molar-refractivity contribution in [1.82, 2.24) is 4.98 Å². The van der Waals surface area contributed by atoms with Crippen LogP contribution in [0.3, 0.4) is 0 Å². The van der Waals surface area contributed by atoms with Crippen LogP contribution in [0.1, 0.15) is 144 Å². The second-order valence-electron chi connectivity index (χ2n) is 15.0. The van der Waals surface area contributed by atoms with Gasteiger partial charge in [-0.25, -0.2) is 0 Å². The minimum absolute atomic E-state index is 0.0615. The third kappa shape index (κ3) is 5.33. The zero-order valence-corrected chi connectivity index (χ0v) is 27.4. The number of aromatic nitrogens is 1. The minimum Gasteiger partial charge on any atom is -0.410 e. The van der Waals surface area contributed by atoms with E-state index >= 15 is 0 Å². The van der Waals surface area contributed by atoms with Crippen molar-refractivity contribution in [2.75, 3.05) is 0 Å². The molecule has 226 valence electrons. The lowest BCUT2D eigenvalue weighted by Gasteiger charge is -2.46. The molecule has 0 N–H and O–H groups in total. The van der Waals surface area contributed by atoms with Crippen LogP contribution in [0.5, 0.6) is 0 Å². The Bertz CT molecular complexity index is 1290. The van der Waals surface area contributed by atoms with Gasteiger partial charge in [0.1, 0.15) is 6.10 Å². The number of pyridine rings is 1. The molecule has 1 saturated carbocycles. The first-order valence-electron chi connectivity index (χ1n) is 15.5. The number of fused-ring (bicyclic) bond motifs is 4. The Balaban J connectivity index is 1.76. The molecule has 1 aromatic carbocycles. The van der Waals surface area contributed by atoms with Gasteiger partial charge in [-0.3, -0.25) is 4.98 Å². The molecule has 1 spiro atoms. The SMILES string of the molecule is CCC1(C)Cc2nc(C(C)C)c3c(c2C(O[Si](C)(C)C(C)(C)C)C1)C1(CCCC1)OC3c1ccc(C(F)(F)F)cc1. The van der Waals surface area contributed by atoms with Crippen LogP contribution in [0, 0.1) is 5.41 Å². The van der Waals surface area contributed by atoms with E-state index in [4.69, 9.17) is 14.1 Å². The number of nitrogens with zero attached hydrogens (tertiary/aromatic N) is 1. The molecule has 2 aliphatic carbocycles. The third-order valence-electron chi connectivity index (χ3n) is 10.6. The van der Waals surface area contributed by atoms with Gasteiger partial charge in [0.15, 0.2) is 8.32 Å². The molecule has 0 saturated heterocycles. The highest BCUT2D eigenvalue weighted by molar-refractivity contribution is 6.74. The average molecular weight is 588 g/mol. The van der Waals surface area contributed by atoms with E-state index in [9.17, 15) is 13.2 Å². The summed E-state index contributed by atoms with van der Waals surface area (Å²) in [6.07, 6.45) is 2.02. The van der Waals surface area contributed by atoms with E-state index in [1.54, 1.807) is 12.1 Å². The van der Waals surface area contributed by atoms with Crippen LogP contribution in [0.15, 0.2) is 24.3 Å². The fourth-order valence-corrected chi connectivity index (χ4v) is 8.29. The predicted molar refractivity (Wildman–Crippen MR) is 161 cm³/mol. The van der Waals surface area contributed by atoms with E-state index in [0.29, 0.717) is 0 Å². The second kappa shape index (κ2) is 10.2. The van der Waals surface area contributed by atoms with Crippen molar-refractivity contribution in [2.24, 2.45) is 5.41 Å². The monoisotopic (exact) mass is 587 g/mol. The van der Waals surface area contributed by atoms with Gasteiger partial charge in [-0.05, 0) is 78.4 Å².